The molecule has 0 spiro atoms. The molecular weight excluding hydrogens is 128 g/mol. The maximum atomic E-state index is 10.5. The van der Waals surface area contributed by atoms with Crippen LogP contribution >= 0.6 is 0 Å². The molecule has 0 radical (unpaired) electrons. The van der Waals surface area contributed by atoms with Gasteiger partial charge in [-0.05, 0) is 17.5 Å². The van der Waals surface area contributed by atoms with Crippen molar-refractivity contribution in [3.63, 3.8) is 0 Å². The Morgan fingerprint density at radius 3 is 2.50 bits per heavy atom. The van der Waals surface area contributed by atoms with E-state index >= 15 is 0 Å². The summed E-state index contributed by atoms with van der Waals surface area (Å²) in [6.07, 6.45) is 1.51. The van der Waals surface area contributed by atoms with E-state index in [1.807, 2.05) is 0 Å². The Balaban J connectivity index is 3.00. The smallest absolute Gasteiger partial charge is 0.335 e. The molecule has 54 valence electrons. The lowest BCUT2D eigenvalue weighted by Crippen LogP contribution is -1.96. The zero-order valence-electron chi connectivity index (χ0n) is 6.13. The molecule has 0 aliphatic carbocycles. The van der Waals surface area contributed by atoms with Crippen LogP contribution in [0.5, 0.6) is 0 Å². The lowest BCUT2D eigenvalue weighted by atomic mass is 10.1. The van der Waals surface area contributed by atoms with Gasteiger partial charge in [0.15, 0.2) is 0 Å². The van der Waals surface area contributed by atoms with Gasteiger partial charge in [0, 0.05) is 6.07 Å². The van der Waals surface area contributed by atoms with Crippen molar-refractivity contribution in [2.45, 2.75) is 19.8 Å². The van der Waals surface area contributed by atoms with Crippen LogP contribution in [0, 0.1) is 0 Å². The Bertz CT molecular complexity index is 240. The molecule has 0 saturated heterocycles. The summed E-state index contributed by atoms with van der Waals surface area (Å²) in [6, 6.07) is 3.23. The zero-order chi connectivity index (χ0) is 7.56. The molecule has 1 aromatic rings. The van der Waals surface area contributed by atoms with Gasteiger partial charge in [-0.2, -0.15) is 0 Å². The minimum Gasteiger partial charge on any atom is -0.431 e. The van der Waals surface area contributed by atoms with E-state index in [1.165, 1.54) is 12.3 Å². The van der Waals surface area contributed by atoms with Gasteiger partial charge in [0.05, 0.1) is 6.26 Å². The summed E-state index contributed by atoms with van der Waals surface area (Å²) in [6.45, 7) is 4.10. The normalized spacial score (nSPS) is 10.3. The Labute approximate surface area is 59.5 Å². The van der Waals surface area contributed by atoms with Crippen molar-refractivity contribution in [2.24, 2.45) is 0 Å². The van der Waals surface area contributed by atoms with Crippen LogP contribution in [0.15, 0.2) is 27.6 Å². The molecule has 2 heteroatoms. The molecule has 0 bridgehead atoms. The molecule has 0 atom stereocenters. The predicted molar refractivity (Wildman–Crippen MR) is 39.1 cm³/mol. The first-order valence-corrected chi connectivity index (χ1v) is 3.29. The van der Waals surface area contributed by atoms with Crippen LogP contribution in [0.3, 0.4) is 0 Å². The Morgan fingerprint density at radius 2 is 2.10 bits per heavy atom. The van der Waals surface area contributed by atoms with E-state index in [-0.39, 0.29) is 5.63 Å². The van der Waals surface area contributed by atoms with Crippen molar-refractivity contribution < 1.29 is 4.42 Å². The predicted octanol–water partition coefficient (Wildman–Crippen LogP) is 1.76. The maximum Gasteiger partial charge on any atom is 0.335 e. The SMILES string of the molecule is CC(C)c1ccc(=O)oc1. The summed E-state index contributed by atoms with van der Waals surface area (Å²) in [7, 11) is 0. The minimum absolute atomic E-state index is 0.288. The molecule has 1 aromatic heterocycles. The summed E-state index contributed by atoms with van der Waals surface area (Å²) in [5, 5.41) is 0. The molecule has 1 heterocycles. The lowest BCUT2D eigenvalue weighted by molar-refractivity contribution is 0.500. The maximum absolute atomic E-state index is 10.5. The van der Waals surface area contributed by atoms with Gasteiger partial charge in [-0.25, -0.2) is 4.79 Å². The quantitative estimate of drug-likeness (QED) is 0.592. The summed E-state index contributed by atoms with van der Waals surface area (Å²) < 4.78 is 4.66. The lowest BCUT2D eigenvalue weighted by Gasteiger charge is -2.00. The Hall–Kier alpha value is -1.05. The van der Waals surface area contributed by atoms with Crippen LogP contribution in [-0.2, 0) is 0 Å². The van der Waals surface area contributed by atoms with Gasteiger partial charge in [-0.15, -0.1) is 0 Å². The molecule has 10 heavy (non-hydrogen) atoms. The van der Waals surface area contributed by atoms with Crippen LogP contribution in [0.1, 0.15) is 25.3 Å². The molecule has 1 rings (SSSR count). The molecule has 0 aliphatic rings. The van der Waals surface area contributed by atoms with Crippen LogP contribution < -0.4 is 5.63 Å². The number of rotatable bonds is 1. The summed E-state index contributed by atoms with van der Waals surface area (Å²) in [5.41, 5.74) is 0.768. The van der Waals surface area contributed by atoms with Crippen molar-refractivity contribution in [3.05, 3.63) is 34.4 Å². The van der Waals surface area contributed by atoms with Crippen LogP contribution in [-0.4, -0.2) is 0 Å². The highest BCUT2D eigenvalue weighted by molar-refractivity contribution is 5.10. The van der Waals surface area contributed by atoms with Gasteiger partial charge < -0.3 is 4.42 Å². The summed E-state index contributed by atoms with van der Waals surface area (Å²) in [5.74, 6) is 0.421. The number of hydrogen-bond acceptors (Lipinski definition) is 2. The third-order valence-corrected chi connectivity index (χ3v) is 1.39. The zero-order valence-corrected chi connectivity index (χ0v) is 6.13. The molecule has 0 aliphatic heterocycles. The molecule has 0 fully saturated rings. The summed E-state index contributed by atoms with van der Waals surface area (Å²) >= 11 is 0. The summed E-state index contributed by atoms with van der Waals surface area (Å²) in [4.78, 5) is 10.5. The van der Waals surface area contributed by atoms with Gasteiger partial charge in [-0.1, -0.05) is 13.8 Å². The van der Waals surface area contributed by atoms with E-state index in [0.29, 0.717) is 5.92 Å². The molecule has 2 nitrogen and oxygen atoms in total. The van der Waals surface area contributed by atoms with Crippen molar-refractivity contribution in [1.29, 1.82) is 0 Å². The van der Waals surface area contributed by atoms with Gasteiger partial charge in [0.25, 0.3) is 0 Å². The van der Waals surface area contributed by atoms with E-state index in [9.17, 15) is 4.79 Å². The second-order valence-electron chi connectivity index (χ2n) is 2.54. The topological polar surface area (TPSA) is 30.2 Å². The Morgan fingerprint density at radius 1 is 1.40 bits per heavy atom. The third kappa shape index (κ3) is 1.47. The van der Waals surface area contributed by atoms with Gasteiger partial charge in [0.1, 0.15) is 0 Å². The highest BCUT2D eigenvalue weighted by Gasteiger charge is 1.97. The molecule has 0 unspecified atom stereocenters. The minimum atomic E-state index is -0.288. The molecule has 0 saturated carbocycles. The third-order valence-electron chi connectivity index (χ3n) is 1.39. The second kappa shape index (κ2) is 2.69. The van der Waals surface area contributed by atoms with Gasteiger partial charge >= 0.3 is 5.63 Å². The number of hydrogen-bond donors (Lipinski definition) is 0. The first kappa shape index (κ1) is 7.06. The highest BCUT2D eigenvalue weighted by Crippen LogP contribution is 2.10. The molecule has 0 amide bonds. The van der Waals surface area contributed by atoms with E-state index in [0.717, 1.165) is 5.56 Å². The van der Waals surface area contributed by atoms with Crippen molar-refractivity contribution >= 4 is 0 Å². The van der Waals surface area contributed by atoms with Crippen molar-refractivity contribution in [3.8, 4) is 0 Å². The molecular formula is C8H10O2. The monoisotopic (exact) mass is 138 g/mol. The highest BCUT2D eigenvalue weighted by atomic mass is 16.4. The second-order valence-corrected chi connectivity index (χ2v) is 2.54. The van der Waals surface area contributed by atoms with Crippen LogP contribution in [0.4, 0.5) is 0 Å². The standard InChI is InChI=1S/C8H10O2/c1-6(2)7-3-4-8(9)10-5-7/h3-6H,1-2H3. The van der Waals surface area contributed by atoms with Gasteiger partial charge in [-0.3, -0.25) is 0 Å². The fraction of sp³-hybridized carbons (Fsp3) is 0.375. The fourth-order valence-electron chi connectivity index (χ4n) is 0.697. The molecule has 0 aromatic carbocycles. The van der Waals surface area contributed by atoms with E-state index in [2.05, 4.69) is 18.3 Å². The van der Waals surface area contributed by atoms with Gasteiger partial charge in [0.2, 0.25) is 0 Å². The first-order valence-electron chi connectivity index (χ1n) is 3.29. The van der Waals surface area contributed by atoms with Crippen LogP contribution in [0.25, 0.3) is 0 Å². The van der Waals surface area contributed by atoms with Crippen molar-refractivity contribution in [1.82, 2.24) is 0 Å². The van der Waals surface area contributed by atoms with E-state index in [4.69, 9.17) is 0 Å². The largest absolute Gasteiger partial charge is 0.431 e. The average molecular weight is 138 g/mol. The van der Waals surface area contributed by atoms with E-state index in [1.54, 1.807) is 6.07 Å². The fourth-order valence-corrected chi connectivity index (χ4v) is 0.697. The first-order chi connectivity index (χ1) is 4.70. The van der Waals surface area contributed by atoms with Crippen molar-refractivity contribution in [2.75, 3.05) is 0 Å². The van der Waals surface area contributed by atoms with Crippen LogP contribution in [0.2, 0.25) is 0 Å². The van der Waals surface area contributed by atoms with E-state index < -0.39 is 0 Å². The molecule has 0 N–H and O–H groups in total. The Kier molecular flexibility index (Phi) is 1.90. The average Bonchev–Trinajstić information content (AvgIpc) is 1.88.